The first-order chi connectivity index (χ1) is 14.8. The molecule has 168 valence electrons. The van der Waals surface area contributed by atoms with Crippen LogP contribution in [-0.2, 0) is 10.0 Å². The number of rotatable bonds is 7. The first kappa shape index (κ1) is 23.0. The number of nitrogens with zero attached hydrogens (tertiary/aromatic N) is 1. The van der Waals surface area contributed by atoms with Crippen molar-refractivity contribution in [2.75, 3.05) is 25.5 Å². The average Bonchev–Trinajstić information content (AvgIpc) is 3.03. The zero-order valence-electron chi connectivity index (χ0n) is 17.0. The van der Waals surface area contributed by atoms with Crippen LogP contribution in [0, 0.1) is 0 Å². The summed E-state index contributed by atoms with van der Waals surface area (Å²) >= 11 is 0. The lowest BCUT2D eigenvalue weighted by Crippen LogP contribution is -2.32. The Morgan fingerprint density at radius 3 is 2.42 bits per heavy atom. The highest BCUT2D eigenvalue weighted by Crippen LogP contribution is 2.30. The normalized spacial score (nSPS) is 15.4. The van der Waals surface area contributed by atoms with Crippen LogP contribution >= 0.6 is 0 Å². The third-order valence-corrected chi connectivity index (χ3v) is 6.84. The highest BCUT2D eigenvalue weighted by molar-refractivity contribution is 7.89. The number of halogens is 2. The van der Waals surface area contributed by atoms with Gasteiger partial charge >= 0.3 is 6.61 Å². The van der Waals surface area contributed by atoms with Crippen molar-refractivity contribution in [3.8, 4) is 11.5 Å². The summed E-state index contributed by atoms with van der Waals surface area (Å²) in [5.74, 6) is -0.516. The smallest absolute Gasteiger partial charge is 0.387 e. The Hall–Kier alpha value is -2.72. The van der Waals surface area contributed by atoms with Crippen LogP contribution in [0.2, 0.25) is 0 Å². The molecule has 1 saturated heterocycles. The van der Waals surface area contributed by atoms with Crippen molar-refractivity contribution in [2.24, 2.45) is 0 Å². The Morgan fingerprint density at radius 2 is 1.77 bits per heavy atom. The van der Waals surface area contributed by atoms with Gasteiger partial charge in [-0.2, -0.15) is 13.1 Å². The summed E-state index contributed by atoms with van der Waals surface area (Å²) in [6.45, 7) is -2.11. The van der Waals surface area contributed by atoms with E-state index in [4.69, 9.17) is 4.74 Å². The van der Waals surface area contributed by atoms with Gasteiger partial charge in [-0.25, -0.2) is 8.42 Å². The number of alkyl halides is 2. The number of carbonyl (C=O) groups is 1. The number of benzene rings is 2. The third kappa shape index (κ3) is 5.71. The van der Waals surface area contributed by atoms with Crippen molar-refractivity contribution < 1.29 is 31.5 Å². The monoisotopic (exact) mass is 454 g/mol. The van der Waals surface area contributed by atoms with E-state index in [1.807, 2.05) is 0 Å². The number of hydrogen-bond acceptors (Lipinski definition) is 5. The van der Waals surface area contributed by atoms with Crippen LogP contribution in [0.15, 0.2) is 47.4 Å². The molecule has 1 amide bonds. The van der Waals surface area contributed by atoms with E-state index < -0.39 is 22.5 Å². The Morgan fingerprint density at radius 1 is 1.06 bits per heavy atom. The Labute approximate surface area is 180 Å². The van der Waals surface area contributed by atoms with E-state index in [0.29, 0.717) is 13.1 Å². The number of hydrogen-bond donors (Lipinski definition) is 1. The summed E-state index contributed by atoms with van der Waals surface area (Å²) in [6.07, 6.45) is 3.58. The first-order valence-corrected chi connectivity index (χ1v) is 11.3. The predicted octanol–water partition coefficient (Wildman–Crippen LogP) is 4.11. The molecular weight excluding hydrogens is 430 g/mol. The summed E-state index contributed by atoms with van der Waals surface area (Å²) in [5, 5.41) is 2.60. The Kier molecular flexibility index (Phi) is 7.45. The summed E-state index contributed by atoms with van der Waals surface area (Å²) in [5.41, 5.74) is 0.226. The molecule has 2 aromatic carbocycles. The molecular formula is C21H24F2N2O5S. The number of nitrogens with one attached hydrogen (secondary N) is 1. The molecule has 1 N–H and O–H groups in total. The molecule has 3 rings (SSSR count). The molecule has 0 spiro atoms. The minimum Gasteiger partial charge on any atom is -0.495 e. The molecule has 2 aromatic rings. The van der Waals surface area contributed by atoms with E-state index in [-0.39, 0.29) is 27.6 Å². The first-order valence-electron chi connectivity index (χ1n) is 9.85. The standard InChI is InChI=1S/C21H24F2N2O5S/c1-29-19-10-9-17(31(27,28)25-11-4-2-3-5-12-25)14-18(19)24-20(26)15-7-6-8-16(13-15)30-21(22)23/h6-10,13-14,21H,2-5,11-12H2,1H3,(H,24,26). The van der Waals surface area contributed by atoms with Crippen LogP contribution < -0.4 is 14.8 Å². The fourth-order valence-electron chi connectivity index (χ4n) is 3.38. The highest BCUT2D eigenvalue weighted by Gasteiger charge is 2.26. The molecule has 31 heavy (non-hydrogen) atoms. The van der Waals surface area contributed by atoms with Gasteiger partial charge in [0.1, 0.15) is 11.5 Å². The number of sulfonamides is 1. The van der Waals surface area contributed by atoms with Crippen molar-refractivity contribution in [3.05, 3.63) is 48.0 Å². The van der Waals surface area contributed by atoms with Crippen molar-refractivity contribution in [2.45, 2.75) is 37.2 Å². The van der Waals surface area contributed by atoms with Crippen LogP contribution in [0.4, 0.5) is 14.5 Å². The van der Waals surface area contributed by atoms with Crippen LogP contribution in [0.3, 0.4) is 0 Å². The van der Waals surface area contributed by atoms with Gasteiger partial charge in [-0.15, -0.1) is 0 Å². The highest BCUT2D eigenvalue weighted by atomic mass is 32.2. The van der Waals surface area contributed by atoms with Gasteiger partial charge in [0.2, 0.25) is 10.0 Å². The zero-order chi connectivity index (χ0) is 22.4. The molecule has 7 nitrogen and oxygen atoms in total. The van der Waals surface area contributed by atoms with Crippen molar-refractivity contribution >= 4 is 21.6 Å². The maximum atomic E-state index is 13.1. The maximum Gasteiger partial charge on any atom is 0.387 e. The number of carbonyl (C=O) groups excluding carboxylic acids is 1. The second kappa shape index (κ2) is 10.1. The molecule has 1 aliphatic rings. The quantitative estimate of drug-likeness (QED) is 0.681. The Bertz CT molecular complexity index is 1020. The van der Waals surface area contributed by atoms with E-state index in [2.05, 4.69) is 10.1 Å². The van der Waals surface area contributed by atoms with Crippen LogP contribution in [-0.4, -0.2) is 45.4 Å². The molecule has 0 bridgehead atoms. The number of methoxy groups -OCH3 is 1. The fourth-order valence-corrected chi connectivity index (χ4v) is 4.93. The van der Waals surface area contributed by atoms with E-state index in [1.165, 1.54) is 53.9 Å². The lowest BCUT2D eigenvalue weighted by atomic mass is 10.2. The van der Waals surface area contributed by atoms with Gasteiger partial charge in [-0.1, -0.05) is 18.9 Å². The molecule has 1 fully saturated rings. The molecule has 1 heterocycles. The number of ether oxygens (including phenoxy) is 2. The average molecular weight is 454 g/mol. The summed E-state index contributed by atoms with van der Waals surface area (Å²) < 4.78 is 62.0. The molecule has 0 aromatic heterocycles. The van der Waals surface area contributed by atoms with Crippen LogP contribution in [0.5, 0.6) is 11.5 Å². The largest absolute Gasteiger partial charge is 0.495 e. The molecule has 10 heteroatoms. The second-order valence-electron chi connectivity index (χ2n) is 7.04. The summed E-state index contributed by atoms with van der Waals surface area (Å²) in [4.78, 5) is 12.7. The van der Waals surface area contributed by atoms with Gasteiger partial charge in [0.05, 0.1) is 17.7 Å². The molecule has 0 aliphatic carbocycles. The fraction of sp³-hybridized carbons (Fsp3) is 0.381. The van der Waals surface area contributed by atoms with Gasteiger partial charge in [0.25, 0.3) is 5.91 Å². The minimum absolute atomic E-state index is 0.0419. The van der Waals surface area contributed by atoms with Crippen molar-refractivity contribution in [3.63, 3.8) is 0 Å². The van der Waals surface area contributed by atoms with Gasteiger partial charge in [0.15, 0.2) is 0 Å². The minimum atomic E-state index is -3.73. The molecule has 0 atom stereocenters. The van der Waals surface area contributed by atoms with Crippen LogP contribution in [0.1, 0.15) is 36.0 Å². The Balaban J connectivity index is 1.86. The number of anilines is 1. The van der Waals surface area contributed by atoms with Gasteiger partial charge in [-0.3, -0.25) is 4.79 Å². The van der Waals surface area contributed by atoms with E-state index in [9.17, 15) is 22.0 Å². The zero-order valence-corrected chi connectivity index (χ0v) is 17.8. The van der Waals surface area contributed by atoms with Crippen LogP contribution in [0.25, 0.3) is 0 Å². The SMILES string of the molecule is COc1ccc(S(=O)(=O)N2CCCCCC2)cc1NC(=O)c1cccc(OC(F)F)c1. The summed E-state index contributed by atoms with van der Waals surface area (Å²) in [6, 6.07) is 9.56. The van der Waals surface area contributed by atoms with Gasteiger partial charge in [-0.05, 0) is 49.2 Å². The van der Waals surface area contributed by atoms with Gasteiger partial charge in [0, 0.05) is 18.7 Å². The third-order valence-electron chi connectivity index (χ3n) is 4.94. The maximum absolute atomic E-state index is 13.1. The topological polar surface area (TPSA) is 84.9 Å². The van der Waals surface area contributed by atoms with Gasteiger partial charge < -0.3 is 14.8 Å². The summed E-state index contributed by atoms with van der Waals surface area (Å²) in [7, 11) is -2.34. The van der Waals surface area contributed by atoms with E-state index in [1.54, 1.807) is 0 Å². The molecule has 0 saturated carbocycles. The lowest BCUT2D eigenvalue weighted by molar-refractivity contribution is -0.0498. The number of amides is 1. The predicted molar refractivity (Wildman–Crippen MR) is 111 cm³/mol. The van der Waals surface area contributed by atoms with E-state index >= 15 is 0 Å². The molecule has 0 radical (unpaired) electrons. The lowest BCUT2D eigenvalue weighted by Gasteiger charge is -2.21. The van der Waals surface area contributed by atoms with Crippen molar-refractivity contribution in [1.29, 1.82) is 0 Å². The molecule has 0 unspecified atom stereocenters. The van der Waals surface area contributed by atoms with E-state index in [0.717, 1.165) is 25.7 Å². The van der Waals surface area contributed by atoms with Crippen molar-refractivity contribution in [1.82, 2.24) is 4.31 Å². The molecule has 1 aliphatic heterocycles. The second-order valence-corrected chi connectivity index (χ2v) is 8.98.